The first-order valence-electron chi connectivity index (χ1n) is 11.7. The molecule has 2 heterocycles. The Kier molecular flexibility index (Phi) is 7.34. The molecule has 4 rings (SSSR count). The number of hydrogen-bond donors (Lipinski definition) is 2. The number of aryl methyl sites for hydroxylation is 1. The van der Waals surface area contributed by atoms with Crippen molar-refractivity contribution in [3.05, 3.63) is 48.0 Å². The van der Waals surface area contributed by atoms with Crippen LogP contribution in [0.3, 0.4) is 0 Å². The second kappa shape index (κ2) is 10.6. The van der Waals surface area contributed by atoms with Gasteiger partial charge in [-0.25, -0.2) is 4.68 Å². The second-order valence-corrected chi connectivity index (χ2v) is 8.71. The zero-order valence-electron chi connectivity index (χ0n) is 19.4. The van der Waals surface area contributed by atoms with Crippen molar-refractivity contribution in [2.45, 2.75) is 51.6 Å². The molecule has 1 aromatic heterocycles. The molecule has 174 valence electrons. The fraction of sp³-hybridized carbons (Fsp3) is 0.440. The average Bonchev–Trinajstić information content (AvgIpc) is 3.47. The minimum atomic E-state index is -0.0694. The predicted octanol–water partition coefficient (Wildman–Crippen LogP) is 3.73. The monoisotopic (exact) mass is 448 g/mol. The highest BCUT2D eigenvalue weighted by Gasteiger charge is 2.20. The number of aromatic hydroxyl groups is 1. The van der Waals surface area contributed by atoms with Crippen molar-refractivity contribution in [2.75, 3.05) is 20.1 Å². The van der Waals surface area contributed by atoms with Crippen LogP contribution in [0.5, 0.6) is 5.75 Å². The highest BCUT2D eigenvalue weighted by atomic mass is 16.3. The summed E-state index contributed by atoms with van der Waals surface area (Å²) in [7, 11) is 2.15. The van der Waals surface area contributed by atoms with Gasteiger partial charge in [0, 0.05) is 24.7 Å². The normalized spacial score (nSPS) is 16.2. The average molecular weight is 449 g/mol. The van der Waals surface area contributed by atoms with Crippen LogP contribution in [-0.4, -0.2) is 62.3 Å². The number of phenolic OH excluding ortho intramolecular Hbond substituents is 1. The van der Waals surface area contributed by atoms with Crippen molar-refractivity contribution in [1.82, 2.24) is 30.4 Å². The minimum Gasteiger partial charge on any atom is -0.507 e. The number of carbonyl (C=O) groups excluding carboxylic acids is 1. The topological polar surface area (TPSA) is 96.2 Å². The molecule has 8 heteroatoms. The lowest BCUT2D eigenvalue weighted by Gasteiger charge is -2.19. The number of rotatable bonds is 9. The van der Waals surface area contributed by atoms with Crippen LogP contribution in [0, 0.1) is 0 Å². The summed E-state index contributed by atoms with van der Waals surface area (Å²) in [5, 5.41) is 25.5. The third-order valence-electron chi connectivity index (χ3n) is 6.39. The van der Waals surface area contributed by atoms with E-state index >= 15 is 0 Å². The van der Waals surface area contributed by atoms with Crippen molar-refractivity contribution in [2.24, 2.45) is 0 Å². The Hall–Kier alpha value is -3.26. The van der Waals surface area contributed by atoms with Gasteiger partial charge in [0.1, 0.15) is 5.75 Å². The first-order valence-corrected chi connectivity index (χ1v) is 11.7. The number of phenols is 1. The molecule has 2 N–H and O–H groups in total. The lowest BCUT2D eigenvalue weighted by atomic mass is 10.00. The van der Waals surface area contributed by atoms with E-state index < -0.39 is 0 Å². The highest BCUT2D eigenvalue weighted by molar-refractivity contribution is 5.95. The molecular formula is C25H32N6O2. The molecule has 0 radical (unpaired) electrons. The molecule has 2 aromatic carbocycles. The van der Waals surface area contributed by atoms with Crippen molar-refractivity contribution in [3.63, 3.8) is 0 Å². The van der Waals surface area contributed by atoms with E-state index in [1.54, 1.807) is 10.7 Å². The number of tetrazole rings is 1. The van der Waals surface area contributed by atoms with E-state index in [1.807, 2.05) is 36.4 Å². The van der Waals surface area contributed by atoms with Gasteiger partial charge < -0.3 is 15.3 Å². The van der Waals surface area contributed by atoms with Gasteiger partial charge in [-0.1, -0.05) is 31.5 Å². The van der Waals surface area contributed by atoms with Gasteiger partial charge in [0.25, 0.3) is 5.91 Å². The van der Waals surface area contributed by atoms with E-state index in [0.29, 0.717) is 36.1 Å². The number of likely N-dealkylation sites (tertiary alicyclic amines) is 1. The Bertz CT molecular complexity index is 1100. The van der Waals surface area contributed by atoms with Gasteiger partial charge in [-0.2, -0.15) is 0 Å². The van der Waals surface area contributed by atoms with Gasteiger partial charge in [-0.05, 0) is 85.1 Å². The second-order valence-electron chi connectivity index (χ2n) is 8.71. The first kappa shape index (κ1) is 22.9. The Labute approximate surface area is 194 Å². The highest BCUT2D eigenvalue weighted by Crippen LogP contribution is 2.32. The van der Waals surface area contributed by atoms with E-state index in [4.69, 9.17) is 0 Å². The molecule has 0 aliphatic carbocycles. The fourth-order valence-electron chi connectivity index (χ4n) is 4.39. The molecule has 0 saturated carbocycles. The molecule has 3 aromatic rings. The minimum absolute atomic E-state index is 0.0694. The molecule has 1 atom stereocenters. The lowest BCUT2D eigenvalue weighted by Crippen LogP contribution is -2.31. The Morgan fingerprint density at radius 1 is 1.21 bits per heavy atom. The van der Waals surface area contributed by atoms with Crippen molar-refractivity contribution >= 4 is 5.91 Å². The maximum Gasteiger partial charge on any atom is 0.251 e. The standard InChI is InChI=1S/C25H32N6O2/c1-3-4-15-31-24(27-28-29-31)22-17-19(10-11-23(22)32)18-7-5-8-20(16-18)25(33)26-13-12-21-9-6-14-30(21)2/h5,7-8,10-11,16-17,21,32H,3-4,6,9,12-15H2,1-2H3,(H,26,33). The molecule has 1 unspecified atom stereocenters. The van der Waals surface area contributed by atoms with Gasteiger partial charge >= 0.3 is 0 Å². The third kappa shape index (κ3) is 5.39. The number of amides is 1. The van der Waals surface area contributed by atoms with Crippen LogP contribution in [0.1, 0.15) is 49.4 Å². The molecule has 1 amide bonds. The number of hydrogen-bond acceptors (Lipinski definition) is 6. The van der Waals surface area contributed by atoms with E-state index in [9.17, 15) is 9.90 Å². The van der Waals surface area contributed by atoms with E-state index in [0.717, 1.165) is 36.9 Å². The summed E-state index contributed by atoms with van der Waals surface area (Å²) in [4.78, 5) is 15.1. The quantitative estimate of drug-likeness (QED) is 0.518. The van der Waals surface area contributed by atoms with E-state index in [-0.39, 0.29) is 11.7 Å². The number of nitrogens with zero attached hydrogens (tertiary/aromatic N) is 5. The Morgan fingerprint density at radius 2 is 2.06 bits per heavy atom. The number of carbonyl (C=O) groups is 1. The number of benzene rings is 2. The molecule has 0 spiro atoms. The van der Waals surface area contributed by atoms with E-state index in [1.165, 1.54) is 12.8 Å². The molecule has 1 fully saturated rings. The van der Waals surface area contributed by atoms with Gasteiger partial charge in [0.05, 0.1) is 5.56 Å². The summed E-state index contributed by atoms with van der Waals surface area (Å²) >= 11 is 0. The van der Waals surface area contributed by atoms with Crippen molar-refractivity contribution in [1.29, 1.82) is 0 Å². The summed E-state index contributed by atoms with van der Waals surface area (Å²) in [6, 6.07) is 13.5. The summed E-state index contributed by atoms with van der Waals surface area (Å²) < 4.78 is 1.72. The third-order valence-corrected chi connectivity index (χ3v) is 6.39. The predicted molar refractivity (Wildman–Crippen MR) is 128 cm³/mol. The van der Waals surface area contributed by atoms with Gasteiger partial charge in [0.2, 0.25) is 0 Å². The molecular weight excluding hydrogens is 416 g/mol. The Balaban J connectivity index is 1.49. The molecule has 1 aliphatic heterocycles. The maximum atomic E-state index is 12.7. The van der Waals surface area contributed by atoms with Gasteiger partial charge in [-0.3, -0.25) is 4.79 Å². The zero-order valence-corrected chi connectivity index (χ0v) is 19.4. The SMILES string of the molecule is CCCCn1nnnc1-c1cc(-c2cccc(C(=O)NCCC3CCCN3C)c2)ccc1O. The van der Waals surface area contributed by atoms with E-state index in [2.05, 4.69) is 39.7 Å². The summed E-state index contributed by atoms with van der Waals surface area (Å²) in [5.74, 6) is 0.589. The van der Waals surface area contributed by atoms with Gasteiger partial charge in [-0.15, -0.1) is 5.10 Å². The van der Waals surface area contributed by atoms with Crippen LogP contribution >= 0.6 is 0 Å². The van der Waals surface area contributed by atoms with Crippen LogP contribution in [0.2, 0.25) is 0 Å². The Morgan fingerprint density at radius 3 is 2.85 bits per heavy atom. The molecule has 0 bridgehead atoms. The fourth-order valence-corrected chi connectivity index (χ4v) is 4.39. The van der Waals surface area contributed by atoms with Crippen LogP contribution in [0.15, 0.2) is 42.5 Å². The number of unbranched alkanes of at least 4 members (excludes halogenated alkanes) is 1. The van der Waals surface area contributed by atoms with Crippen LogP contribution < -0.4 is 5.32 Å². The largest absolute Gasteiger partial charge is 0.507 e. The first-order chi connectivity index (χ1) is 16.1. The number of aromatic nitrogens is 4. The van der Waals surface area contributed by atoms with Crippen LogP contribution in [0.4, 0.5) is 0 Å². The molecule has 33 heavy (non-hydrogen) atoms. The van der Waals surface area contributed by atoms with Crippen molar-refractivity contribution < 1.29 is 9.90 Å². The lowest BCUT2D eigenvalue weighted by molar-refractivity contribution is 0.0950. The zero-order chi connectivity index (χ0) is 23.2. The van der Waals surface area contributed by atoms with Crippen LogP contribution in [-0.2, 0) is 6.54 Å². The molecule has 8 nitrogen and oxygen atoms in total. The van der Waals surface area contributed by atoms with Crippen LogP contribution in [0.25, 0.3) is 22.5 Å². The van der Waals surface area contributed by atoms with Gasteiger partial charge in [0.15, 0.2) is 5.82 Å². The molecule has 1 saturated heterocycles. The van der Waals surface area contributed by atoms with Crippen molar-refractivity contribution in [3.8, 4) is 28.3 Å². The molecule has 1 aliphatic rings. The number of nitrogens with one attached hydrogen (secondary N) is 1. The summed E-state index contributed by atoms with van der Waals surface area (Å²) in [6.45, 7) is 4.61. The smallest absolute Gasteiger partial charge is 0.251 e. The summed E-state index contributed by atoms with van der Waals surface area (Å²) in [5.41, 5.74) is 2.97. The summed E-state index contributed by atoms with van der Waals surface area (Å²) in [6.07, 6.45) is 5.38. The maximum absolute atomic E-state index is 12.7.